The molecular formula is C32H31N5O3S. The number of benzene rings is 2. The van der Waals surface area contributed by atoms with Gasteiger partial charge in [0.15, 0.2) is 0 Å². The van der Waals surface area contributed by atoms with Gasteiger partial charge < -0.3 is 20.3 Å². The second kappa shape index (κ2) is 11.1. The summed E-state index contributed by atoms with van der Waals surface area (Å²) in [4.78, 5) is 36.6. The van der Waals surface area contributed by atoms with Crippen molar-refractivity contribution in [3.8, 4) is 11.5 Å². The molecule has 0 bridgehead atoms. The summed E-state index contributed by atoms with van der Waals surface area (Å²) in [6, 6.07) is 16.7. The number of carbonyl (C=O) groups is 2. The predicted molar refractivity (Wildman–Crippen MR) is 164 cm³/mol. The van der Waals surface area contributed by atoms with Crippen molar-refractivity contribution in [3.63, 3.8) is 0 Å². The van der Waals surface area contributed by atoms with Crippen LogP contribution < -0.4 is 20.3 Å². The molecule has 2 aromatic heterocycles. The Hall–Kier alpha value is -4.63. The van der Waals surface area contributed by atoms with Crippen LogP contribution in [0.15, 0.2) is 85.2 Å². The van der Waals surface area contributed by atoms with Gasteiger partial charge in [-0.15, -0.1) is 11.3 Å². The third-order valence-electron chi connectivity index (χ3n) is 7.36. The highest BCUT2D eigenvalue weighted by Crippen LogP contribution is 2.46. The number of carbonyl (C=O) groups excluding carboxylic acids is 2. The lowest BCUT2D eigenvalue weighted by atomic mass is 10.0. The summed E-state index contributed by atoms with van der Waals surface area (Å²) in [7, 11) is 0. The zero-order valence-electron chi connectivity index (χ0n) is 23.0. The molecule has 208 valence electrons. The molecule has 1 saturated heterocycles. The number of allylic oxidation sites excluding steroid dienone is 2. The molecule has 0 saturated carbocycles. The molecule has 2 aliphatic rings. The van der Waals surface area contributed by atoms with E-state index in [0.29, 0.717) is 33.4 Å². The van der Waals surface area contributed by atoms with Crippen LogP contribution in [-0.2, 0) is 0 Å². The molecule has 1 atom stereocenters. The van der Waals surface area contributed by atoms with Crippen LogP contribution in [0, 0.1) is 6.92 Å². The zero-order chi connectivity index (χ0) is 28.5. The van der Waals surface area contributed by atoms with Gasteiger partial charge in [-0.2, -0.15) is 0 Å². The van der Waals surface area contributed by atoms with Gasteiger partial charge in [-0.25, -0.2) is 9.78 Å². The Bertz CT molecular complexity index is 1680. The van der Waals surface area contributed by atoms with Crippen molar-refractivity contribution in [1.29, 1.82) is 0 Å². The van der Waals surface area contributed by atoms with E-state index in [9.17, 15) is 9.59 Å². The van der Waals surface area contributed by atoms with E-state index in [1.165, 1.54) is 11.3 Å². The second-order valence-corrected chi connectivity index (χ2v) is 11.2. The maximum absolute atomic E-state index is 13.6. The maximum Gasteiger partial charge on any atom is 0.331 e. The number of nitrogens with one attached hydrogen (secondary N) is 2. The number of ether oxygens (including phenoxy) is 1. The van der Waals surface area contributed by atoms with E-state index in [-0.39, 0.29) is 18.0 Å². The number of aromatic nitrogens is 1. The Labute approximate surface area is 242 Å². The van der Waals surface area contributed by atoms with Gasteiger partial charge in [0, 0.05) is 31.0 Å². The van der Waals surface area contributed by atoms with Gasteiger partial charge in [-0.05, 0) is 74.7 Å². The molecule has 41 heavy (non-hydrogen) atoms. The number of aryl methyl sites for hydroxylation is 1. The summed E-state index contributed by atoms with van der Waals surface area (Å²) in [5.74, 6) is 1.22. The fraction of sp³-hybridized carbons (Fsp3) is 0.219. The fourth-order valence-electron chi connectivity index (χ4n) is 5.46. The van der Waals surface area contributed by atoms with E-state index in [1.807, 2.05) is 80.6 Å². The molecule has 0 spiro atoms. The number of thiophene rings is 1. The minimum absolute atomic E-state index is 0.0156. The minimum Gasteiger partial charge on any atom is -0.457 e. The van der Waals surface area contributed by atoms with Gasteiger partial charge >= 0.3 is 6.03 Å². The molecule has 2 N–H and O–H groups in total. The van der Waals surface area contributed by atoms with Gasteiger partial charge in [0.1, 0.15) is 21.2 Å². The maximum atomic E-state index is 13.6. The first-order valence-electron chi connectivity index (χ1n) is 13.7. The number of nitrogens with zero attached hydrogens (tertiary/aromatic N) is 3. The summed E-state index contributed by atoms with van der Waals surface area (Å²) in [6.07, 6.45) is 7.49. The van der Waals surface area contributed by atoms with Crippen LogP contribution in [0.5, 0.6) is 11.5 Å². The minimum atomic E-state index is -0.330. The van der Waals surface area contributed by atoms with Crippen molar-refractivity contribution in [2.24, 2.45) is 0 Å². The lowest BCUT2D eigenvalue weighted by Gasteiger charge is -2.35. The first kappa shape index (κ1) is 26.6. The Morgan fingerprint density at radius 2 is 2.00 bits per heavy atom. The molecule has 8 nitrogen and oxygen atoms in total. The number of piperidine rings is 1. The Balaban J connectivity index is 1.28. The van der Waals surface area contributed by atoms with Gasteiger partial charge in [-0.3, -0.25) is 9.69 Å². The van der Waals surface area contributed by atoms with E-state index in [1.54, 1.807) is 11.1 Å². The van der Waals surface area contributed by atoms with Crippen LogP contribution in [0.1, 0.15) is 35.0 Å². The number of hydrogen-bond donors (Lipinski definition) is 2. The predicted octanol–water partition coefficient (Wildman–Crippen LogP) is 7.36. The van der Waals surface area contributed by atoms with Crippen molar-refractivity contribution >= 4 is 50.6 Å². The smallest absolute Gasteiger partial charge is 0.331 e. The Kier molecular flexibility index (Phi) is 7.19. The number of likely N-dealkylation sites (tertiary alicyclic amines) is 1. The number of urea groups is 1. The van der Waals surface area contributed by atoms with E-state index in [0.717, 1.165) is 47.5 Å². The number of hydrogen-bond acceptors (Lipinski definition) is 6. The highest BCUT2D eigenvalue weighted by molar-refractivity contribution is 7.21. The molecule has 3 amide bonds. The van der Waals surface area contributed by atoms with Crippen molar-refractivity contribution in [2.75, 3.05) is 23.3 Å². The van der Waals surface area contributed by atoms with E-state index in [2.05, 4.69) is 27.1 Å². The SMILES string of the molecule is C=C(/C=C/C)N1CCC[C@@H](NC(=O)c2sc3nccc4c3c2NC(=O)N4c2ccc(Oc3ccccc3)cc2C)C1. The van der Waals surface area contributed by atoms with E-state index < -0.39 is 0 Å². The monoisotopic (exact) mass is 565 g/mol. The van der Waals surface area contributed by atoms with E-state index >= 15 is 0 Å². The number of amides is 3. The largest absolute Gasteiger partial charge is 0.457 e. The summed E-state index contributed by atoms with van der Waals surface area (Å²) < 4.78 is 5.98. The summed E-state index contributed by atoms with van der Waals surface area (Å²) >= 11 is 1.29. The summed E-state index contributed by atoms with van der Waals surface area (Å²) in [5, 5.41) is 6.95. The molecule has 0 aliphatic carbocycles. The molecule has 1 fully saturated rings. The first-order chi connectivity index (χ1) is 19.9. The molecule has 0 unspecified atom stereocenters. The lowest BCUT2D eigenvalue weighted by molar-refractivity contribution is 0.0920. The van der Waals surface area contributed by atoms with Gasteiger partial charge in [0.2, 0.25) is 0 Å². The second-order valence-electron chi connectivity index (χ2n) is 10.2. The van der Waals surface area contributed by atoms with Crippen LogP contribution in [0.2, 0.25) is 0 Å². The van der Waals surface area contributed by atoms with Crippen LogP contribution in [-0.4, -0.2) is 41.0 Å². The van der Waals surface area contributed by atoms with Gasteiger partial charge in [-0.1, -0.05) is 30.9 Å². The van der Waals surface area contributed by atoms with Crippen LogP contribution >= 0.6 is 11.3 Å². The standard InChI is InChI=1S/C32H31N5O3S/c1-4-9-21(3)36-17-8-10-22(19-36)34-30(38)29-28-27-26(15-16-33-31(27)41-29)37(32(39)35-28)25-14-13-24(18-20(25)2)40-23-11-6-5-7-12-23/h4-7,9,11-16,18,22H,3,8,10,17,19H2,1-2H3,(H,34,38)(H,35,39)/b9-4+/t22-/m1/s1. The zero-order valence-corrected chi connectivity index (χ0v) is 23.8. The number of para-hydroxylation sites is 1. The quantitative estimate of drug-likeness (QED) is 0.229. The summed E-state index contributed by atoms with van der Waals surface area (Å²) in [6.45, 7) is 9.67. The molecule has 4 aromatic rings. The first-order valence-corrected chi connectivity index (χ1v) is 14.5. The molecule has 2 aromatic carbocycles. The van der Waals surface area contributed by atoms with Gasteiger partial charge in [0.25, 0.3) is 5.91 Å². The van der Waals surface area contributed by atoms with Gasteiger partial charge in [0.05, 0.1) is 22.4 Å². The topological polar surface area (TPSA) is 86.8 Å². The number of rotatable bonds is 7. The fourth-order valence-corrected chi connectivity index (χ4v) is 6.48. The van der Waals surface area contributed by atoms with Crippen molar-refractivity contribution in [3.05, 3.63) is 95.7 Å². The summed E-state index contributed by atoms with van der Waals surface area (Å²) in [5.41, 5.74) is 3.74. The van der Waals surface area contributed by atoms with Crippen molar-refractivity contribution in [2.45, 2.75) is 32.7 Å². The molecule has 9 heteroatoms. The van der Waals surface area contributed by atoms with Crippen LogP contribution in [0.25, 0.3) is 10.2 Å². The lowest BCUT2D eigenvalue weighted by Crippen LogP contribution is -2.47. The Morgan fingerprint density at radius 3 is 2.78 bits per heavy atom. The van der Waals surface area contributed by atoms with E-state index in [4.69, 9.17) is 4.74 Å². The number of anilines is 3. The molecule has 6 rings (SSSR count). The normalized spacial score (nSPS) is 16.6. The van der Waals surface area contributed by atoms with Crippen LogP contribution in [0.3, 0.4) is 0 Å². The van der Waals surface area contributed by atoms with Crippen molar-refractivity contribution < 1.29 is 14.3 Å². The number of pyridine rings is 1. The highest BCUT2D eigenvalue weighted by atomic mass is 32.1. The molecule has 4 heterocycles. The average molecular weight is 566 g/mol. The molecular weight excluding hydrogens is 534 g/mol. The average Bonchev–Trinajstić information content (AvgIpc) is 3.34. The van der Waals surface area contributed by atoms with Crippen LogP contribution in [0.4, 0.5) is 21.9 Å². The third-order valence-corrected chi connectivity index (χ3v) is 8.46. The Morgan fingerprint density at radius 1 is 1.17 bits per heavy atom. The van der Waals surface area contributed by atoms with Crippen molar-refractivity contribution in [1.82, 2.24) is 15.2 Å². The molecule has 2 aliphatic heterocycles. The highest BCUT2D eigenvalue weighted by Gasteiger charge is 2.34. The molecule has 0 radical (unpaired) electrons. The third kappa shape index (κ3) is 5.16.